The van der Waals surface area contributed by atoms with Gasteiger partial charge in [0.1, 0.15) is 6.61 Å². The van der Waals surface area contributed by atoms with Crippen molar-refractivity contribution in [3.8, 4) is 0 Å². The number of carbonyl (C=O) groups is 1. The van der Waals surface area contributed by atoms with Crippen LogP contribution in [0.25, 0.3) is 0 Å². The number of rotatable bonds is 8. The molecule has 0 radical (unpaired) electrons. The highest BCUT2D eigenvalue weighted by atomic mass is 16.5. The Morgan fingerprint density at radius 1 is 1.30 bits per heavy atom. The van der Waals surface area contributed by atoms with Crippen LogP contribution in [0.5, 0.6) is 0 Å². The van der Waals surface area contributed by atoms with Crippen LogP contribution in [0.3, 0.4) is 0 Å². The van der Waals surface area contributed by atoms with E-state index in [-0.39, 0.29) is 12.6 Å². The number of aliphatic hydroxyl groups excluding tert-OH is 1. The highest BCUT2D eigenvalue weighted by Gasteiger charge is 2.29. The van der Waals surface area contributed by atoms with Crippen molar-refractivity contribution in [3.63, 3.8) is 0 Å². The van der Waals surface area contributed by atoms with E-state index in [2.05, 4.69) is 12.2 Å². The molecule has 0 bridgehead atoms. The van der Waals surface area contributed by atoms with Crippen molar-refractivity contribution in [2.75, 3.05) is 6.61 Å². The van der Waals surface area contributed by atoms with Crippen LogP contribution >= 0.6 is 0 Å². The molecular weight excluding hydrogens is 252 g/mol. The third-order valence-corrected chi connectivity index (χ3v) is 2.93. The predicted octanol–water partition coefficient (Wildman–Crippen LogP) is 3.80. The first-order valence-electron chi connectivity index (χ1n) is 7.13. The Bertz CT molecular complexity index is 374. The summed E-state index contributed by atoms with van der Waals surface area (Å²) in [5.74, 6) is -0.260. The summed E-state index contributed by atoms with van der Waals surface area (Å²) in [6, 6.07) is 0. The molecule has 0 aliphatic carbocycles. The van der Waals surface area contributed by atoms with E-state index in [0.717, 1.165) is 6.42 Å². The second kappa shape index (κ2) is 9.54. The molecule has 20 heavy (non-hydrogen) atoms. The fourth-order valence-electron chi connectivity index (χ4n) is 1.61. The zero-order valence-corrected chi connectivity index (χ0v) is 13.3. The normalized spacial score (nSPS) is 15.0. The van der Waals surface area contributed by atoms with Gasteiger partial charge in [-0.15, -0.1) is 0 Å². The van der Waals surface area contributed by atoms with Gasteiger partial charge >= 0.3 is 5.97 Å². The molecule has 0 aliphatic rings. The molecule has 0 saturated carbocycles. The molecule has 0 rings (SSSR count). The summed E-state index contributed by atoms with van der Waals surface area (Å²) < 4.78 is 5.10. The van der Waals surface area contributed by atoms with Crippen LogP contribution < -0.4 is 0 Å². The van der Waals surface area contributed by atoms with Crippen molar-refractivity contribution in [1.29, 1.82) is 0 Å². The minimum Gasteiger partial charge on any atom is -0.463 e. The molecule has 1 atom stereocenters. The minimum atomic E-state index is -0.622. The van der Waals surface area contributed by atoms with E-state index >= 15 is 0 Å². The zero-order chi connectivity index (χ0) is 15.6. The maximum absolute atomic E-state index is 12.0. The molecule has 0 aromatic carbocycles. The summed E-state index contributed by atoms with van der Waals surface area (Å²) in [4.78, 5) is 12.0. The summed E-state index contributed by atoms with van der Waals surface area (Å²) in [5.41, 5.74) is 0.632. The van der Waals surface area contributed by atoms with Crippen molar-refractivity contribution >= 4 is 5.97 Å². The summed E-state index contributed by atoms with van der Waals surface area (Å²) in [6.07, 6.45) is 11.0. The topological polar surface area (TPSA) is 46.5 Å². The standard InChI is InChI=1S/C17H28O3/c1-6-8-10-15(9-7-2)11-12-17(4,5)16(19)20-13-14(3)18/h6-10,14,18H,11-13H2,1-5H3/b8-6-,9-7-,15-10+. The first kappa shape index (κ1) is 18.7. The Balaban J connectivity index is 4.54. The number of hydrogen-bond donors (Lipinski definition) is 1. The maximum atomic E-state index is 12.0. The van der Waals surface area contributed by atoms with E-state index in [0.29, 0.717) is 6.42 Å². The van der Waals surface area contributed by atoms with Gasteiger partial charge in [-0.3, -0.25) is 4.79 Å². The number of hydrogen-bond acceptors (Lipinski definition) is 3. The van der Waals surface area contributed by atoms with Gasteiger partial charge in [-0.2, -0.15) is 0 Å². The molecule has 0 fully saturated rings. The minimum absolute atomic E-state index is 0.0540. The van der Waals surface area contributed by atoms with E-state index in [4.69, 9.17) is 9.84 Å². The molecule has 0 aromatic heterocycles. The van der Waals surface area contributed by atoms with Gasteiger partial charge in [0.15, 0.2) is 0 Å². The van der Waals surface area contributed by atoms with E-state index in [1.807, 2.05) is 45.9 Å². The van der Waals surface area contributed by atoms with Crippen molar-refractivity contribution in [2.45, 2.75) is 53.6 Å². The molecule has 0 saturated heterocycles. The maximum Gasteiger partial charge on any atom is 0.311 e. The molecule has 0 heterocycles. The Kier molecular flexibility index (Phi) is 8.89. The van der Waals surface area contributed by atoms with Crippen LogP contribution in [-0.4, -0.2) is 23.8 Å². The van der Waals surface area contributed by atoms with Gasteiger partial charge < -0.3 is 9.84 Å². The Morgan fingerprint density at radius 2 is 1.95 bits per heavy atom. The van der Waals surface area contributed by atoms with Gasteiger partial charge in [0.2, 0.25) is 0 Å². The molecule has 0 amide bonds. The fraction of sp³-hybridized carbons (Fsp3) is 0.588. The summed E-state index contributed by atoms with van der Waals surface area (Å²) >= 11 is 0. The fourth-order valence-corrected chi connectivity index (χ4v) is 1.61. The van der Waals surface area contributed by atoms with Crippen LogP contribution in [-0.2, 0) is 9.53 Å². The van der Waals surface area contributed by atoms with Gasteiger partial charge in [0.05, 0.1) is 11.5 Å². The van der Waals surface area contributed by atoms with Gasteiger partial charge in [0.25, 0.3) is 0 Å². The lowest BCUT2D eigenvalue weighted by Gasteiger charge is -2.23. The van der Waals surface area contributed by atoms with Crippen LogP contribution in [0.2, 0.25) is 0 Å². The molecule has 3 nitrogen and oxygen atoms in total. The number of esters is 1. The molecule has 3 heteroatoms. The summed E-state index contributed by atoms with van der Waals surface area (Å²) in [6.45, 7) is 9.36. The Morgan fingerprint density at radius 3 is 2.45 bits per heavy atom. The third kappa shape index (κ3) is 7.95. The van der Waals surface area contributed by atoms with Crippen molar-refractivity contribution in [3.05, 3.63) is 36.0 Å². The summed E-state index contributed by atoms with van der Waals surface area (Å²) in [5, 5.41) is 9.15. The van der Waals surface area contributed by atoms with E-state index in [1.54, 1.807) is 6.92 Å². The number of allylic oxidation sites excluding steroid dienone is 6. The lowest BCUT2D eigenvalue weighted by atomic mass is 9.86. The summed E-state index contributed by atoms with van der Waals surface area (Å²) in [7, 11) is 0. The lowest BCUT2D eigenvalue weighted by Crippen LogP contribution is -2.29. The SMILES string of the molecule is C\C=C/C=C(\C=C/C)CCC(C)(C)C(=O)OCC(C)O. The third-order valence-electron chi connectivity index (χ3n) is 2.93. The molecular formula is C17H28O3. The molecule has 0 aromatic rings. The van der Waals surface area contributed by atoms with Crippen molar-refractivity contribution in [1.82, 2.24) is 0 Å². The van der Waals surface area contributed by atoms with Crippen LogP contribution in [0, 0.1) is 5.41 Å². The number of ether oxygens (including phenoxy) is 1. The highest BCUT2D eigenvalue weighted by Crippen LogP contribution is 2.27. The first-order valence-corrected chi connectivity index (χ1v) is 7.13. The van der Waals surface area contributed by atoms with Crippen LogP contribution in [0.4, 0.5) is 0 Å². The average molecular weight is 280 g/mol. The molecule has 0 spiro atoms. The second-order valence-electron chi connectivity index (χ2n) is 5.60. The molecule has 0 aliphatic heterocycles. The molecule has 1 unspecified atom stereocenters. The predicted molar refractivity (Wildman–Crippen MR) is 83.4 cm³/mol. The largest absolute Gasteiger partial charge is 0.463 e. The van der Waals surface area contributed by atoms with Gasteiger partial charge in [-0.1, -0.05) is 30.4 Å². The van der Waals surface area contributed by atoms with Crippen molar-refractivity contribution in [2.24, 2.45) is 5.41 Å². The van der Waals surface area contributed by atoms with Crippen molar-refractivity contribution < 1.29 is 14.6 Å². The van der Waals surface area contributed by atoms with E-state index < -0.39 is 11.5 Å². The van der Waals surface area contributed by atoms with Crippen LogP contribution in [0.15, 0.2) is 36.0 Å². The lowest BCUT2D eigenvalue weighted by molar-refractivity contribution is -0.157. The number of aliphatic hydroxyl groups is 1. The van der Waals surface area contributed by atoms with E-state index in [1.165, 1.54) is 5.57 Å². The highest BCUT2D eigenvalue weighted by molar-refractivity contribution is 5.75. The number of carbonyl (C=O) groups excluding carboxylic acids is 1. The average Bonchev–Trinajstić information content (AvgIpc) is 2.39. The second-order valence-corrected chi connectivity index (χ2v) is 5.60. The van der Waals surface area contributed by atoms with E-state index in [9.17, 15) is 4.79 Å². The quantitative estimate of drug-likeness (QED) is 0.543. The Hall–Kier alpha value is -1.35. The molecule has 114 valence electrons. The van der Waals surface area contributed by atoms with Gasteiger partial charge in [-0.05, 0) is 53.0 Å². The van der Waals surface area contributed by atoms with Gasteiger partial charge in [-0.25, -0.2) is 0 Å². The van der Waals surface area contributed by atoms with Crippen LogP contribution in [0.1, 0.15) is 47.5 Å². The van der Waals surface area contributed by atoms with Gasteiger partial charge in [0, 0.05) is 0 Å². The Labute approximate surface area is 123 Å². The zero-order valence-electron chi connectivity index (χ0n) is 13.3. The smallest absolute Gasteiger partial charge is 0.311 e. The monoisotopic (exact) mass is 280 g/mol. The first-order chi connectivity index (χ1) is 9.33. The molecule has 1 N–H and O–H groups in total.